The molecule has 6 heteroatoms. The summed E-state index contributed by atoms with van der Waals surface area (Å²) >= 11 is 0. The van der Waals surface area contributed by atoms with Crippen LogP contribution in [-0.2, 0) is 9.59 Å². The first-order valence-corrected chi connectivity index (χ1v) is 5.39. The zero-order chi connectivity index (χ0) is 12.2. The van der Waals surface area contributed by atoms with Gasteiger partial charge in [-0.1, -0.05) is 12.8 Å². The molecule has 0 saturated heterocycles. The summed E-state index contributed by atoms with van der Waals surface area (Å²) in [6.07, 6.45) is 3.71. The Balaban J connectivity index is 2.43. The van der Waals surface area contributed by atoms with E-state index in [9.17, 15) is 9.59 Å². The molecule has 1 saturated carbocycles. The Bertz CT molecular complexity index is 274. The van der Waals surface area contributed by atoms with E-state index in [-0.39, 0.29) is 6.42 Å². The maximum Gasteiger partial charge on any atom is 0.328 e. The lowest BCUT2D eigenvalue weighted by Crippen LogP contribution is -2.48. The van der Waals surface area contributed by atoms with E-state index in [2.05, 4.69) is 5.32 Å². The monoisotopic (exact) mass is 230 g/mol. The summed E-state index contributed by atoms with van der Waals surface area (Å²) in [6, 6.07) is -1.24. The van der Waals surface area contributed by atoms with E-state index in [1.54, 1.807) is 0 Å². The number of amides is 1. The summed E-state index contributed by atoms with van der Waals surface area (Å²) < 4.78 is 0. The zero-order valence-electron chi connectivity index (χ0n) is 9.11. The number of aliphatic carboxylic acids is 1. The van der Waals surface area contributed by atoms with Gasteiger partial charge in [0.1, 0.15) is 6.04 Å². The summed E-state index contributed by atoms with van der Waals surface area (Å²) in [6.45, 7) is -0.612. The first kappa shape index (κ1) is 12.9. The van der Waals surface area contributed by atoms with E-state index in [0.29, 0.717) is 0 Å². The van der Waals surface area contributed by atoms with E-state index in [4.69, 9.17) is 15.9 Å². The molecule has 0 bridgehead atoms. The quantitative estimate of drug-likeness (QED) is 0.494. The number of hydrogen-bond donors (Lipinski definition) is 4. The predicted molar refractivity (Wildman–Crippen MR) is 56.7 cm³/mol. The van der Waals surface area contributed by atoms with Crippen molar-refractivity contribution in [3.05, 3.63) is 0 Å². The average molecular weight is 230 g/mol. The first-order valence-electron chi connectivity index (χ1n) is 5.39. The molecule has 1 rings (SSSR count). The van der Waals surface area contributed by atoms with Crippen molar-refractivity contribution in [3.63, 3.8) is 0 Å². The van der Waals surface area contributed by atoms with Gasteiger partial charge in [-0.15, -0.1) is 0 Å². The van der Waals surface area contributed by atoms with Gasteiger partial charge in [0.15, 0.2) is 0 Å². The van der Waals surface area contributed by atoms with Crippen LogP contribution in [0.1, 0.15) is 32.1 Å². The molecule has 1 atom stereocenters. The second-order valence-electron chi connectivity index (χ2n) is 4.39. The molecule has 16 heavy (non-hydrogen) atoms. The van der Waals surface area contributed by atoms with E-state index in [1.807, 2.05) is 0 Å². The Morgan fingerprint density at radius 3 is 2.38 bits per heavy atom. The van der Waals surface area contributed by atoms with Crippen LogP contribution in [0.3, 0.4) is 0 Å². The van der Waals surface area contributed by atoms with Crippen molar-refractivity contribution < 1.29 is 19.8 Å². The van der Waals surface area contributed by atoms with Crippen LogP contribution in [0.15, 0.2) is 0 Å². The smallest absolute Gasteiger partial charge is 0.328 e. The lowest BCUT2D eigenvalue weighted by molar-refractivity contribution is -0.143. The van der Waals surface area contributed by atoms with Crippen molar-refractivity contribution in [2.45, 2.75) is 43.7 Å². The van der Waals surface area contributed by atoms with Crippen molar-refractivity contribution in [3.8, 4) is 0 Å². The molecule has 92 valence electrons. The summed E-state index contributed by atoms with van der Waals surface area (Å²) in [5.41, 5.74) is 5.49. The SMILES string of the molecule is NC1(CC(=O)NC(CO)C(=O)O)CCCC1. The zero-order valence-corrected chi connectivity index (χ0v) is 9.11. The summed E-state index contributed by atoms with van der Waals surface area (Å²) in [7, 11) is 0. The molecule has 0 aromatic rings. The summed E-state index contributed by atoms with van der Waals surface area (Å²) in [5.74, 6) is -1.65. The van der Waals surface area contributed by atoms with Gasteiger partial charge in [-0.3, -0.25) is 4.79 Å². The molecule has 0 radical (unpaired) electrons. The van der Waals surface area contributed by atoms with Gasteiger partial charge >= 0.3 is 5.97 Å². The Hall–Kier alpha value is -1.14. The van der Waals surface area contributed by atoms with Crippen LogP contribution in [-0.4, -0.2) is 40.3 Å². The molecule has 1 unspecified atom stereocenters. The fraction of sp³-hybridized carbons (Fsp3) is 0.800. The van der Waals surface area contributed by atoms with Crippen LogP contribution in [0.4, 0.5) is 0 Å². The van der Waals surface area contributed by atoms with Crippen molar-refractivity contribution in [1.82, 2.24) is 5.32 Å². The average Bonchev–Trinajstić information content (AvgIpc) is 2.60. The molecule has 6 nitrogen and oxygen atoms in total. The van der Waals surface area contributed by atoms with Crippen LogP contribution in [0.2, 0.25) is 0 Å². The fourth-order valence-electron chi connectivity index (χ4n) is 2.01. The number of hydrogen-bond acceptors (Lipinski definition) is 4. The van der Waals surface area contributed by atoms with Crippen LogP contribution >= 0.6 is 0 Å². The van der Waals surface area contributed by atoms with E-state index in [1.165, 1.54) is 0 Å². The van der Waals surface area contributed by atoms with Gasteiger partial charge in [-0.05, 0) is 12.8 Å². The van der Waals surface area contributed by atoms with Gasteiger partial charge in [-0.2, -0.15) is 0 Å². The number of carboxylic acid groups (broad SMARTS) is 1. The van der Waals surface area contributed by atoms with Crippen molar-refractivity contribution in [1.29, 1.82) is 0 Å². The number of rotatable bonds is 5. The van der Waals surface area contributed by atoms with Crippen molar-refractivity contribution >= 4 is 11.9 Å². The highest BCUT2D eigenvalue weighted by Crippen LogP contribution is 2.29. The second-order valence-corrected chi connectivity index (χ2v) is 4.39. The van der Waals surface area contributed by atoms with Crippen LogP contribution < -0.4 is 11.1 Å². The third kappa shape index (κ3) is 3.46. The minimum Gasteiger partial charge on any atom is -0.480 e. The predicted octanol–water partition coefficient (Wildman–Crippen LogP) is -0.790. The molecule has 1 aliphatic carbocycles. The molecule has 0 aliphatic heterocycles. The molecule has 0 spiro atoms. The minimum atomic E-state index is -1.24. The van der Waals surface area contributed by atoms with E-state index in [0.717, 1.165) is 25.7 Å². The fourth-order valence-corrected chi connectivity index (χ4v) is 2.01. The molecule has 1 aliphatic rings. The van der Waals surface area contributed by atoms with Gasteiger partial charge in [0.2, 0.25) is 5.91 Å². The van der Waals surface area contributed by atoms with Gasteiger partial charge < -0.3 is 21.3 Å². The van der Waals surface area contributed by atoms with E-state index < -0.39 is 30.1 Å². The molecule has 0 aromatic carbocycles. The van der Waals surface area contributed by atoms with Gasteiger partial charge in [0, 0.05) is 12.0 Å². The number of aliphatic hydroxyl groups is 1. The second kappa shape index (κ2) is 5.27. The highest BCUT2D eigenvalue weighted by atomic mass is 16.4. The number of aliphatic hydroxyl groups excluding tert-OH is 1. The topological polar surface area (TPSA) is 113 Å². The maximum absolute atomic E-state index is 11.5. The van der Waals surface area contributed by atoms with Gasteiger partial charge in [-0.25, -0.2) is 4.79 Å². The van der Waals surface area contributed by atoms with Crippen LogP contribution in [0.5, 0.6) is 0 Å². The lowest BCUT2D eigenvalue weighted by atomic mass is 9.94. The van der Waals surface area contributed by atoms with Crippen molar-refractivity contribution in [2.75, 3.05) is 6.61 Å². The Labute approximate surface area is 93.8 Å². The summed E-state index contributed by atoms with van der Waals surface area (Å²) in [5, 5.41) is 19.6. The number of nitrogens with two attached hydrogens (primary N) is 1. The molecular weight excluding hydrogens is 212 g/mol. The van der Waals surface area contributed by atoms with E-state index >= 15 is 0 Å². The van der Waals surface area contributed by atoms with Crippen LogP contribution in [0.25, 0.3) is 0 Å². The molecule has 0 heterocycles. The third-order valence-corrected chi connectivity index (χ3v) is 2.93. The molecule has 5 N–H and O–H groups in total. The molecule has 0 aromatic heterocycles. The first-order chi connectivity index (χ1) is 7.47. The Kier molecular flexibility index (Phi) is 4.26. The highest BCUT2D eigenvalue weighted by molar-refractivity contribution is 5.84. The number of nitrogens with one attached hydrogen (secondary N) is 1. The van der Waals surface area contributed by atoms with Crippen LogP contribution in [0, 0.1) is 0 Å². The van der Waals surface area contributed by atoms with Crippen molar-refractivity contribution in [2.24, 2.45) is 5.73 Å². The Morgan fingerprint density at radius 2 is 1.94 bits per heavy atom. The number of carboxylic acids is 1. The summed E-state index contributed by atoms with van der Waals surface area (Å²) in [4.78, 5) is 22.1. The maximum atomic E-state index is 11.5. The minimum absolute atomic E-state index is 0.122. The number of carbonyl (C=O) groups excluding carboxylic acids is 1. The third-order valence-electron chi connectivity index (χ3n) is 2.93. The normalized spacial score (nSPS) is 20.4. The molecular formula is C10H18N2O4. The lowest BCUT2D eigenvalue weighted by Gasteiger charge is -2.23. The molecule has 1 fully saturated rings. The Morgan fingerprint density at radius 1 is 1.38 bits per heavy atom. The number of carbonyl (C=O) groups is 2. The molecule has 1 amide bonds. The highest BCUT2D eigenvalue weighted by Gasteiger charge is 2.32. The standard InChI is InChI=1S/C10H18N2O4/c11-10(3-1-2-4-10)5-8(14)12-7(6-13)9(15)16/h7,13H,1-6,11H2,(H,12,14)(H,15,16). The largest absolute Gasteiger partial charge is 0.480 e. The van der Waals surface area contributed by atoms with Gasteiger partial charge in [0.05, 0.1) is 6.61 Å². The van der Waals surface area contributed by atoms with Gasteiger partial charge in [0.25, 0.3) is 0 Å².